The molecule has 0 radical (unpaired) electrons. The van der Waals surface area contributed by atoms with Crippen LogP contribution in [0.15, 0.2) is 24.4 Å². The fraction of sp³-hybridized carbons (Fsp3) is 0.286. The minimum atomic E-state index is -1.14. The molecule has 2 heterocycles. The maximum atomic E-state index is 11.1. The zero-order valence-corrected chi connectivity index (χ0v) is 11.5. The molecule has 0 fully saturated rings. The van der Waals surface area contributed by atoms with E-state index in [9.17, 15) is 4.79 Å². The van der Waals surface area contributed by atoms with Crippen molar-refractivity contribution in [3.63, 3.8) is 0 Å². The van der Waals surface area contributed by atoms with Crippen LogP contribution in [0.5, 0.6) is 11.6 Å². The van der Waals surface area contributed by atoms with Crippen molar-refractivity contribution < 1.29 is 14.6 Å². The van der Waals surface area contributed by atoms with E-state index in [2.05, 4.69) is 15.0 Å². The van der Waals surface area contributed by atoms with Gasteiger partial charge in [-0.05, 0) is 19.1 Å². The van der Waals surface area contributed by atoms with Crippen LogP contribution in [0.1, 0.15) is 41.8 Å². The van der Waals surface area contributed by atoms with Gasteiger partial charge in [0, 0.05) is 23.9 Å². The largest absolute Gasteiger partial charge is 0.476 e. The molecule has 2 aromatic heterocycles. The molecule has 20 heavy (non-hydrogen) atoms. The first-order valence-electron chi connectivity index (χ1n) is 6.19. The van der Waals surface area contributed by atoms with E-state index >= 15 is 0 Å². The molecule has 0 unspecified atom stereocenters. The molecule has 0 aromatic carbocycles. The number of ether oxygens (including phenoxy) is 1. The second kappa shape index (κ2) is 5.64. The molecule has 2 aromatic rings. The Balaban J connectivity index is 2.38. The van der Waals surface area contributed by atoms with E-state index in [1.807, 2.05) is 20.8 Å². The molecule has 104 valence electrons. The molecule has 0 aliphatic heterocycles. The van der Waals surface area contributed by atoms with E-state index in [4.69, 9.17) is 9.84 Å². The van der Waals surface area contributed by atoms with E-state index in [0.717, 1.165) is 5.69 Å². The summed E-state index contributed by atoms with van der Waals surface area (Å²) >= 11 is 0. The number of carboxylic acid groups (broad SMARTS) is 1. The summed E-state index contributed by atoms with van der Waals surface area (Å²) in [5.74, 6) is 0.144. The number of carbonyl (C=O) groups is 1. The van der Waals surface area contributed by atoms with Crippen molar-refractivity contribution in [3.8, 4) is 11.6 Å². The molecule has 0 aliphatic carbocycles. The summed E-state index contributed by atoms with van der Waals surface area (Å²) in [7, 11) is 0. The lowest BCUT2D eigenvalue weighted by molar-refractivity contribution is 0.0687. The summed E-state index contributed by atoms with van der Waals surface area (Å²) < 4.78 is 5.55. The summed E-state index contributed by atoms with van der Waals surface area (Å²) in [5.41, 5.74) is 0.620. The Bertz CT molecular complexity index is 641. The Morgan fingerprint density at radius 2 is 2.10 bits per heavy atom. The molecule has 0 spiro atoms. The minimum Gasteiger partial charge on any atom is -0.476 e. The first kappa shape index (κ1) is 13.9. The fourth-order valence-electron chi connectivity index (χ4n) is 1.62. The van der Waals surface area contributed by atoms with Crippen LogP contribution >= 0.6 is 0 Å². The zero-order chi connectivity index (χ0) is 14.7. The van der Waals surface area contributed by atoms with Crippen molar-refractivity contribution in [2.45, 2.75) is 26.7 Å². The Morgan fingerprint density at radius 1 is 1.35 bits per heavy atom. The average Bonchev–Trinajstić information content (AvgIpc) is 2.38. The van der Waals surface area contributed by atoms with Crippen LogP contribution in [0.4, 0.5) is 0 Å². The number of aromatic carboxylic acids is 1. The van der Waals surface area contributed by atoms with Gasteiger partial charge in [-0.25, -0.2) is 14.8 Å². The lowest BCUT2D eigenvalue weighted by Crippen LogP contribution is -2.05. The third-order valence-corrected chi connectivity index (χ3v) is 2.55. The Hall–Kier alpha value is -2.50. The average molecular weight is 273 g/mol. The second-order valence-corrected chi connectivity index (χ2v) is 4.62. The molecule has 0 aliphatic rings. The van der Waals surface area contributed by atoms with E-state index in [0.29, 0.717) is 11.7 Å². The van der Waals surface area contributed by atoms with Gasteiger partial charge in [0.05, 0.1) is 0 Å². The summed E-state index contributed by atoms with van der Waals surface area (Å²) in [4.78, 5) is 23.4. The van der Waals surface area contributed by atoms with Gasteiger partial charge in [0.25, 0.3) is 0 Å². The number of aromatic nitrogens is 3. The van der Waals surface area contributed by atoms with Gasteiger partial charge in [0.15, 0.2) is 11.4 Å². The van der Waals surface area contributed by atoms with Gasteiger partial charge in [0.1, 0.15) is 5.82 Å². The van der Waals surface area contributed by atoms with Crippen molar-refractivity contribution in [1.82, 2.24) is 15.0 Å². The number of nitrogens with zero attached hydrogens (tertiary/aromatic N) is 3. The molecule has 0 bridgehead atoms. The molecule has 2 rings (SSSR count). The van der Waals surface area contributed by atoms with Crippen LogP contribution in [0.2, 0.25) is 0 Å². The van der Waals surface area contributed by atoms with Gasteiger partial charge in [-0.1, -0.05) is 13.8 Å². The van der Waals surface area contributed by atoms with E-state index in [-0.39, 0.29) is 17.4 Å². The molecule has 0 saturated heterocycles. The number of carboxylic acids is 1. The highest BCUT2D eigenvalue weighted by Gasteiger charge is 2.14. The summed E-state index contributed by atoms with van der Waals surface area (Å²) in [6.45, 7) is 5.79. The van der Waals surface area contributed by atoms with E-state index in [1.165, 1.54) is 6.20 Å². The predicted octanol–water partition coefficient (Wildman–Crippen LogP) is 2.79. The number of rotatable bonds is 4. The Labute approximate surface area is 116 Å². The van der Waals surface area contributed by atoms with Crippen molar-refractivity contribution >= 4 is 5.97 Å². The second-order valence-electron chi connectivity index (χ2n) is 4.62. The normalized spacial score (nSPS) is 10.6. The highest BCUT2D eigenvalue weighted by molar-refractivity contribution is 5.88. The quantitative estimate of drug-likeness (QED) is 0.921. The maximum absolute atomic E-state index is 11.1. The maximum Gasteiger partial charge on any atom is 0.358 e. The fourth-order valence-corrected chi connectivity index (χ4v) is 1.62. The molecule has 0 amide bonds. The molecular weight excluding hydrogens is 258 g/mol. The summed E-state index contributed by atoms with van der Waals surface area (Å²) in [6.07, 6.45) is 1.40. The summed E-state index contributed by atoms with van der Waals surface area (Å²) in [5, 5.41) is 9.07. The molecule has 6 nitrogen and oxygen atoms in total. The molecule has 0 atom stereocenters. The Kier molecular flexibility index (Phi) is 3.93. The number of hydrogen-bond acceptors (Lipinski definition) is 5. The molecular formula is C14H15N3O3. The van der Waals surface area contributed by atoms with Crippen molar-refractivity contribution in [2.24, 2.45) is 0 Å². The molecule has 0 saturated carbocycles. The zero-order valence-electron chi connectivity index (χ0n) is 11.5. The molecule has 6 heteroatoms. The molecule has 1 N–H and O–H groups in total. The monoisotopic (exact) mass is 273 g/mol. The topological polar surface area (TPSA) is 85.2 Å². The van der Waals surface area contributed by atoms with Crippen molar-refractivity contribution in [3.05, 3.63) is 41.6 Å². The lowest BCUT2D eigenvalue weighted by atomic mass is 10.2. The standard InChI is InChI=1S/C14H15N3O3/c1-8(2)13-16-9(3)7-11(17-13)20-10-5-4-6-15-12(10)14(18)19/h4-8H,1-3H3,(H,18,19). The number of hydrogen-bond donors (Lipinski definition) is 1. The summed E-state index contributed by atoms with van der Waals surface area (Å²) in [6, 6.07) is 4.81. The third kappa shape index (κ3) is 3.09. The van der Waals surface area contributed by atoms with Crippen molar-refractivity contribution in [2.75, 3.05) is 0 Å². The number of aryl methyl sites for hydroxylation is 1. The smallest absolute Gasteiger partial charge is 0.358 e. The highest BCUT2D eigenvalue weighted by Crippen LogP contribution is 2.24. The Morgan fingerprint density at radius 3 is 2.75 bits per heavy atom. The van der Waals surface area contributed by atoms with Gasteiger partial charge < -0.3 is 9.84 Å². The van der Waals surface area contributed by atoms with Crippen LogP contribution in [-0.4, -0.2) is 26.0 Å². The van der Waals surface area contributed by atoms with Gasteiger partial charge in [-0.3, -0.25) is 0 Å². The van der Waals surface area contributed by atoms with Gasteiger partial charge in [0.2, 0.25) is 5.88 Å². The van der Waals surface area contributed by atoms with Crippen LogP contribution in [0.3, 0.4) is 0 Å². The van der Waals surface area contributed by atoms with Gasteiger partial charge in [-0.2, -0.15) is 4.98 Å². The lowest BCUT2D eigenvalue weighted by Gasteiger charge is -2.10. The van der Waals surface area contributed by atoms with Gasteiger partial charge >= 0.3 is 5.97 Å². The highest BCUT2D eigenvalue weighted by atomic mass is 16.5. The van der Waals surface area contributed by atoms with Crippen LogP contribution in [0, 0.1) is 6.92 Å². The van der Waals surface area contributed by atoms with Crippen molar-refractivity contribution in [1.29, 1.82) is 0 Å². The van der Waals surface area contributed by atoms with Gasteiger partial charge in [-0.15, -0.1) is 0 Å². The third-order valence-electron chi connectivity index (χ3n) is 2.55. The van der Waals surface area contributed by atoms with Crippen LogP contribution in [0.25, 0.3) is 0 Å². The first-order valence-corrected chi connectivity index (χ1v) is 6.19. The number of pyridine rings is 1. The first-order chi connectivity index (χ1) is 9.47. The van der Waals surface area contributed by atoms with E-state index in [1.54, 1.807) is 18.2 Å². The van der Waals surface area contributed by atoms with E-state index < -0.39 is 5.97 Å². The predicted molar refractivity (Wildman–Crippen MR) is 72.1 cm³/mol. The minimum absolute atomic E-state index is 0.144. The van der Waals surface area contributed by atoms with Crippen LogP contribution in [-0.2, 0) is 0 Å². The SMILES string of the molecule is Cc1cc(Oc2cccnc2C(=O)O)nc(C(C)C)n1. The van der Waals surface area contributed by atoms with Crippen LogP contribution < -0.4 is 4.74 Å².